The summed E-state index contributed by atoms with van der Waals surface area (Å²) in [5, 5.41) is 3.21. The van der Waals surface area contributed by atoms with Gasteiger partial charge < -0.3 is 15.0 Å². The molecule has 0 radical (unpaired) electrons. The zero-order chi connectivity index (χ0) is 18.8. The summed E-state index contributed by atoms with van der Waals surface area (Å²) in [7, 11) is 0. The van der Waals surface area contributed by atoms with E-state index in [1.807, 2.05) is 55.5 Å². The third kappa shape index (κ3) is 3.66. The number of aryl methyl sites for hydroxylation is 1. The third-order valence-electron chi connectivity index (χ3n) is 5.02. The van der Waals surface area contributed by atoms with Crippen LogP contribution in [-0.2, 0) is 14.3 Å². The van der Waals surface area contributed by atoms with Gasteiger partial charge >= 0.3 is 0 Å². The molecular formula is C21H23N3O3. The summed E-state index contributed by atoms with van der Waals surface area (Å²) in [6, 6.07) is 14.9. The minimum absolute atomic E-state index is 0.165. The van der Waals surface area contributed by atoms with Crippen LogP contribution in [-0.4, -0.2) is 44.2 Å². The number of carbonyl (C=O) groups excluding carboxylic acids is 2. The fourth-order valence-electron chi connectivity index (χ4n) is 3.50. The molecule has 0 saturated carbocycles. The molecule has 0 aliphatic carbocycles. The van der Waals surface area contributed by atoms with Gasteiger partial charge in [-0.1, -0.05) is 17.7 Å². The molecular weight excluding hydrogens is 342 g/mol. The molecule has 27 heavy (non-hydrogen) atoms. The minimum Gasteiger partial charge on any atom is -0.378 e. The van der Waals surface area contributed by atoms with Crippen molar-refractivity contribution in [2.24, 2.45) is 0 Å². The van der Waals surface area contributed by atoms with Gasteiger partial charge in [-0.25, -0.2) is 4.90 Å². The zero-order valence-corrected chi connectivity index (χ0v) is 15.4. The standard InChI is InChI=1S/C21H23N3O3/c1-15-2-6-18(7-3-15)24-20(25)14-19(21(24)26)22-16-4-8-17(9-5-16)23-10-12-27-13-11-23/h2-9,19,22H,10-14H2,1H3. The molecule has 2 heterocycles. The molecule has 1 atom stereocenters. The van der Waals surface area contributed by atoms with Crippen LogP contribution in [0.4, 0.5) is 17.1 Å². The van der Waals surface area contributed by atoms with Gasteiger partial charge in [-0.3, -0.25) is 9.59 Å². The number of nitrogens with zero attached hydrogens (tertiary/aromatic N) is 2. The number of hydrogen-bond acceptors (Lipinski definition) is 5. The highest BCUT2D eigenvalue weighted by Crippen LogP contribution is 2.26. The molecule has 0 spiro atoms. The van der Waals surface area contributed by atoms with Crippen LogP contribution in [0.5, 0.6) is 0 Å². The Labute approximate surface area is 158 Å². The molecule has 2 amide bonds. The molecule has 0 bridgehead atoms. The van der Waals surface area contributed by atoms with Crippen LogP contribution in [0.2, 0.25) is 0 Å². The summed E-state index contributed by atoms with van der Waals surface area (Å²) in [6.07, 6.45) is 0.165. The third-order valence-corrected chi connectivity index (χ3v) is 5.02. The summed E-state index contributed by atoms with van der Waals surface area (Å²) < 4.78 is 5.38. The highest BCUT2D eigenvalue weighted by atomic mass is 16.5. The van der Waals surface area contributed by atoms with Gasteiger partial charge in [0.2, 0.25) is 5.91 Å². The molecule has 140 valence electrons. The van der Waals surface area contributed by atoms with Crippen molar-refractivity contribution in [2.45, 2.75) is 19.4 Å². The molecule has 1 N–H and O–H groups in total. The first-order valence-electron chi connectivity index (χ1n) is 9.24. The number of amides is 2. The van der Waals surface area contributed by atoms with E-state index in [1.165, 1.54) is 4.90 Å². The fraction of sp³-hybridized carbons (Fsp3) is 0.333. The monoisotopic (exact) mass is 365 g/mol. The lowest BCUT2D eigenvalue weighted by Crippen LogP contribution is -2.36. The molecule has 4 rings (SSSR count). The maximum absolute atomic E-state index is 12.7. The Morgan fingerprint density at radius 1 is 0.926 bits per heavy atom. The number of ether oxygens (including phenoxy) is 1. The normalized spacial score (nSPS) is 20.3. The van der Waals surface area contributed by atoms with Crippen molar-refractivity contribution < 1.29 is 14.3 Å². The molecule has 1 unspecified atom stereocenters. The van der Waals surface area contributed by atoms with Crippen LogP contribution in [0, 0.1) is 6.92 Å². The van der Waals surface area contributed by atoms with E-state index in [2.05, 4.69) is 10.2 Å². The van der Waals surface area contributed by atoms with Crippen LogP contribution in [0.3, 0.4) is 0 Å². The number of rotatable bonds is 4. The number of anilines is 3. The van der Waals surface area contributed by atoms with Crippen molar-refractivity contribution in [2.75, 3.05) is 41.4 Å². The van der Waals surface area contributed by atoms with Gasteiger partial charge in [0.1, 0.15) is 6.04 Å². The van der Waals surface area contributed by atoms with Crippen molar-refractivity contribution in [1.82, 2.24) is 0 Å². The van der Waals surface area contributed by atoms with Crippen LogP contribution in [0.15, 0.2) is 48.5 Å². The molecule has 2 aliphatic rings. The number of morpholine rings is 1. The number of carbonyl (C=O) groups is 2. The van der Waals surface area contributed by atoms with Crippen LogP contribution in [0.1, 0.15) is 12.0 Å². The van der Waals surface area contributed by atoms with E-state index in [9.17, 15) is 9.59 Å². The summed E-state index contributed by atoms with van der Waals surface area (Å²) in [5.41, 5.74) is 3.69. The van der Waals surface area contributed by atoms with Crippen LogP contribution in [0.25, 0.3) is 0 Å². The zero-order valence-electron chi connectivity index (χ0n) is 15.4. The van der Waals surface area contributed by atoms with Crippen molar-refractivity contribution >= 4 is 28.9 Å². The quantitative estimate of drug-likeness (QED) is 0.844. The SMILES string of the molecule is Cc1ccc(N2C(=O)CC(Nc3ccc(N4CCOCC4)cc3)C2=O)cc1. The predicted molar refractivity (Wildman–Crippen MR) is 105 cm³/mol. The second kappa shape index (κ2) is 7.40. The Kier molecular flexibility index (Phi) is 4.81. The van der Waals surface area contributed by atoms with E-state index in [1.54, 1.807) is 0 Å². The number of nitrogens with one attached hydrogen (secondary N) is 1. The molecule has 0 aromatic heterocycles. The summed E-state index contributed by atoms with van der Waals surface area (Å²) in [6.45, 7) is 5.23. The van der Waals surface area contributed by atoms with Gasteiger partial charge in [-0.2, -0.15) is 0 Å². The Hall–Kier alpha value is -2.86. The maximum atomic E-state index is 12.7. The Morgan fingerprint density at radius 3 is 2.22 bits per heavy atom. The van der Waals surface area contributed by atoms with Gasteiger partial charge in [0.05, 0.1) is 25.3 Å². The van der Waals surface area contributed by atoms with E-state index in [0.717, 1.165) is 43.2 Å². The fourth-order valence-corrected chi connectivity index (χ4v) is 3.50. The molecule has 2 fully saturated rings. The highest BCUT2D eigenvalue weighted by molar-refractivity contribution is 6.23. The van der Waals surface area contributed by atoms with E-state index in [0.29, 0.717) is 5.69 Å². The second-order valence-corrected chi connectivity index (χ2v) is 6.95. The summed E-state index contributed by atoms with van der Waals surface area (Å²) in [4.78, 5) is 28.7. The Balaban J connectivity index is 1.44. The first-order chi connectivity index (χ1) is 13.1. The molecule has 2 aromatic carbocycles. The number of benzene rings is 2. The van der Waals surface area contributed by atoms with Crippen molar-refractivity contribution in [3.63, 3.8) is 0 Å². The smallest absolute Gasteiger partial charge is 0.256 e. The van der Waals surface area contributed by atoms with E-state index in [-0.39, 0.29) is 18.2 Å². The highest BCUT2D eigenvalue weighted by Gasteiger charge is 2.39. The van der Waals surface area contributed by atoms with Gasteiger partial charge in [0.25, 0.3) is 5.91 Å². The molecule has 2 aliphatic heterocycles. The summed E-state index contributed by atoms with van der Waals surface area (Å²) in [5.74, 6) is -0.382. The topological polar surface area (TPSA) is 61.9 Å². The molecule has 6 heteroatoms. The lowest BCUT2D eigenvalue weighted by molar-refractivity contribution is -0.121. The average molecular weight is 365 g/mol. The van der Waals surface area contributed by atoms with Crippen molar-refractivity contribution in [1.29, 1.82) is 0 Å². The maximum Gasteiger partial charge on any atom is 0.256 e. The van der Waals surface area contributed by atoms with E-state index in [4.69, 9.17) is 4.74 Å². The van der Waals surface area contributed by atoms with Crippen molar-refractivity contribution in [3.8, 4) is 0 Å². The molecule has 2 saturated heterocycles. The van der Waals surface area contributed by atoms with Crippen LogP contribution >= 0.6 is 0 Å². The van der Waals surface area contributed by atoms with Crippen molar-refractivity contribution in [3.05, 3.63) is 54.1 Å². The molecule has 6 nitrogen and oxygen atoms in total. The largest absolute Gasteiger partial charge is 0.378 e. The van der Waals surface area contributed by atoms with E-state index >= 15 is 0 Å². The first kappa shape index (κ1) is 17.5. The van der Waals surface area contributed by atoms with Gasteiger partial charge in [-0.15, -0.1) is 0 Å². The Morgan fingerprint density at radius 2 is 1.56 bits per heavy atom. The predicted octanol–water partition coefficient (Wildman–Crippen LogP) is 2.58. The number of hydrogen-bond donors (Lipinski definition) is 1. The number of imide groups is 1. The van der Waals surface area contributed by atoms with Gasteiger partial charge in [0, 0.05) is 24.5 Å². The van der Waals surface area contributed by atoms with Gasteiger partial charge in [-0.05, 0) is 43.3 Å². The molecule has 2 aromatic rings. The summed E-state index contributed by atoms with van der Waals surface area (Å²) >= 11 is 0. The average Bonchev–Trinajstić information content (AvgIpc) is 2.97. The van der Waals surface area contributed by atoms with Crippen LogP contribution < -0.4 is 15.1 Å². The van der Waals surface area contributed by atoms with Gasteiger partial charge in [0.15, 0.2) is 0 Å². The Bertz CT molecular complexity index is 827. The van der Waals surface area contributed by atoms with E-state index < -0.39 is 6.04 Å². The lowest BCUT2D eigenvalue weighted by atomic mass is 10.2. The second-order valence-electron chi connectivity index (χ2n) is 6.95. The first-order valence-corrected chi connectivity index (χ1v) is 9.24. The minimum atomic E-state index is -0.534. The lowest BCUT2D eigenvalue weighted by Gasteiger charge is -2.29.